The smallest absolute Gasteiger partial charge is 0.229 e. The molecule has 0 spiro atoms. The van der Waals surface area contributed by atoms with Crippen LogP contribution in [0.15, 0.2) is 30.5 Å². The highest BCUT2D eigenvalue weighted by Crippen LogP contribution is 2.28. The van der Waals surface area contributed by atoms with Crippen molar-refractivity contribution in [1.29, 1.82) is 0 Å². The van der Waals surface area contributed by atoms with Gasteiger partial charge < -0.3 is 9.80 Å². The van der Waals surface area contributed by atoms with E-state index in [-0.39, 0.29) is 17.7 Å². The largest absolute Gasteiger partial charge is 0.367 e. The molecular weight excluding hydrogens is 392 g/mol. The lowest BCUT2D eigenvalue weighted by atomic mass is 10.1. The van der Waals surface area contributed by atoms with Gasteiger partial charge in [0.15, 0.2) is 0 Å². The quantitative estimate of drug-likeness (QED) is 0.703. The topological polar surface area (TPSA) is 73.8 Å². The molecule has 0 N–H and O–H groups in total. The van der Waals surface area contributed by atoms with Crippen LogP contribution in [-0.4, -0.2) is 65.2 Å². The highest BCUT2D eigenvalue weighted by molar-refractivity contribution is 6.31. The van der Waals surface area contributed by atoms with Crippen LogP contribution >= 0.6 is 11.6 Å². The van der Waals surface area contributed by atoms with Crippen LogP contribution in [0.5, 0.6) is 0 Å². The van der Waals surface area contributed by atoms with E-state index in [2.05, 4.69) is 9.88 Å². The predicted octanol–water partition coefficient (Wildman–Crippen LogP) is 2.47. The van der Waals surface area contributed by atoms with Crippen LogP contribution in [0.2, 0.25) is 5.02 Å². The second kappa shape index (κ2) is 8.37. The molecular formula is C21H23ClN4O3. The van der Waals surface area contributed by atoms with Crippen molar-refractivity contribution < 1.29 is 14.4 Å². The van der Waals surface area contributed by atoms with Gasteiger partial charge in [-0.1, -0.05) is 11.6 Å². The zero-order valence-corrected chi connectivity index (χ0v) is 16.9. The van der Waals surface area contributed by atoms with E-state index in [1.165, 1.54) is 4.90 Å². The lowest BCUT2D eigenvalue weighted by Crippen LogP contribution is -2.49. The zero-order valence-electron chi connectivity index (χ0n) is 16.1. The molecule has 0 atom stereocenters. The summed E-state index contributed by atoms with van der Waals surface area (Å²) in [5, 5.41) is 1.71. The Morgan fingerprint density at radius 1 is 1.03 bits per heavy atom. The van der Waals surface area contributed by atoms with E-state index in [1.54, 1.807) is 6.20 Å². The number of imide groups is 1. The molecule has 0 aliphatic carbocycles. The average Bonchev–Trinajstić information content (AvgIpc) is 3.05. The van der Waals surface area contributed by atoms with E-state index >= 15 is 0 Å². The molecule has 7 nitrogen and oxygen atoms in total. The maximum Gasteiger partial charge on any atom is 0.229 e. The van der Waals surface area contributed by atoms with Gasteiger partial charge in [-0.3, -0.25) is 24.3 Å². The second-order valence-corrected chi connectivity index (χ2v) is 7.84. The summed E-state index contributed by atoms with van der Waals surface area (Å²) >= 11 is 6.07. The highest BCUT2D eigenvalue weighted by Gasteiger charge is 2.29. The first-order chi connectivity index (χ1) is 14.0. The first-order valence-corrected chi connectivity index (χ1v) is 10.3. The molecule has 2 aliphatic heterocycles. The summed E-state index contributed by atoms with van der Waals surface area (Å²) in [4.78, 5) is 45.6. The first kappa shape index (κ1) is 19.6. The van der Waals surface area contributed by atoms with E-state index in [4.69, 9.17) is 11.6 Å². The number of hydrogen-bond donors (Lipinski definition) is 0. The Bertz CT molecular complexity index is 940. The Morgan fingerprint density at radius 2 is 1.76 bits per heavy atom. The number of fused-ring (bicyclic) bond motifs is 1. The fourth-order valence-corrected chi connectivity index (χ4v) is 4.16. The minimum absolute atomic E-state index is 0.0788. The third kappa shape index (κ3) is 4.19. The molecule has 0 radical (unpaired) electrons. The van der Waals surface area contributed by atoms with Crippen LogP contribution in [0.1, 0.15) is 25.7 Å². The summed E-state index contributed by atoms with van der Waals surface area (Å²) in [7, 11) is 0. The number of hydrogen-bond acceptors (Lipinski definition) is 5. The van der Waals surface area contributed by atoms with Gasteiger partial charge in [0.1, 0.15) is 0 Å². The van der Waals surface area contributed by atoms with Crippen molar-refractivity contribution in [2.24, 2.45) is 0 Å². The van der Waals surface area contributed by atoms with Crippen LogP contribution in [0.25, 0.3) is 10.9 Å². The molecule has 4 rings (SSSR count). The first-order valence-electron chi connectivity index (χ1n) is 9.93. The minimum Gasteiger partial charge on any atom is -0.367 e. The monoisotopic (exact) mass is 414 g/mol. The van der Waals surface area contributed by atoms with Crippen LogP contribution in [0, 0.1) is 0 Å². The van der Waals surface area contributed by atoms with Crippen LogP contribution in [0.3, 0.4) is 0 Å². The number of carbonyl (C=O) groups excluding carboxylic acids is 3. The van der Waals surface area contributed by atoms with E-state index < -0.39 is 0 Å². The molecule has 3 heterocycles. The van der Waals surface area contributed by atoms with E-state index in [0.29, 0.717) is 50.3 Å². The molecule has 1 aromatic carbocycles. The number of amides is 3. The van der Waals surface area contributed by atoms with Crippen molar-refractivity contribution in [3.8, 4) is 0 Å². The summed E-state index contributed by atoms with van der Waals surface area (Å²) < 4.78 is 0. The van der Waals surface area contributed by atoms with Gasteiger partial charge in [0.25, 0.3) is 0 Å². The van der Waals surface area contributed by atoms with Crippen molar-refractivity contribution in [3.63, 3.8) is 0 Å². The summed E-state index contributed by atoms with van der Waals surface area (Å²) in [6.07, 6.45) is 3.25. The van der Waals surface area contributed by atoms with E-state index in [1.807, 2.05) is 29.2 Å². The van der Waals surface area contributed by atoms with Crippen molar-refractivity contribution in [1.82, 2.24) is 14.8 Å². The SMILES string of the molecule is O=C(CCCN1C(=O)CCC1=O)N1CCN(c2ccnc3cc(Cl)ccc23)CC1. The van der Waals surface area contributed by atoms with Gasteiger partial charge in [0.05, 0.1) is 5.52 Å². The molecule has 3 amide bonds. The van der Waals surface area contributed by atoms with E-state index in [0.717, 1.165) is 29.7 Å². The highest BCUT2D eigenvalue weighted by atomic mass is 35.5. The second-order valence-electron chi connectivity index (χ2n) is 7.40. The van der Waals surface area contributed by atoms with Gasteiger partial charge in [0.2, 0.25) is 17.7 Å². The molecule has 8 heteroatoms. The number of benzene rings is 1. The van der Waals surface area contributed by atoms with Crippen molar-refractivity contribution in [2.75, 3.05) is 37.6 Å². The Hall–Kier alpha value is -2.67. The van der Waals surface area contributed by atoms with Gasteiger partial charge in [0, 0.05) is 74.3 Å². The number of pyridine rings is 1. The standard InChI is InChI=1S/C21H23ClN4O3/c22-15-3-4-16-17(14-15)23-8-7-18(16)24-10-12-25(13-11-24)19(27)2-1-9-26-20(28)5-6-21(26)29/h3-4,7-8,14H,1-2,5-6,9-13H2. The number of likely N-dealkylation sites (tertiary alicyclic amines) is 1. The van der Waals surface area contributed by atoms with Gasteiger partial charge >= 0.3 is 0 Å². The van der Waals surface area contributed by atoms with Crippen LogP contribution in [-0.2, 0) is 14.4 Å². The Labute approximate surface area is 174 Å². The molecule has 0 unspecified atom stereocenters. The Balaban J connectivity index is 1.31. The number of piperazine rings is 1. The molecule has 29 heavy (non-hydrogen) atoms. The number of aromatic nitrogens is 1. The molecule has 2 fully saturated rings. The third-order valence-corrected chi connectivity index (χ3v) is 5.82. The zero-order chi connectivity index (χ0) is 20.4. The maximum atomic E-state index is 12.5. The van der Waals surface area contributed by atoms with Crippen LogP contribution < -0.4 is 4.90 Å². The molecule has 2 aromatic rings. The molecule has 152 valence electrons. The predicted molar refractivity (Wildman–Crippen MR) is 111 cm³/mol. The molecule has 1 aromatic heterocycles. The third-order valence-electron chi connectivity index (χ3n) is 5.58. The lowest BCUT2D eigenvalue weighted by molar-refractivity contribution is -0.139. The van der Waals surface area contributed by atoms with Gasteiger partial charge in [-0.15, -0.1) is 0 Å². The van der Waals surface area contributed by atoms with Crippen molar-refractivity contribution in [2.45, 2.75) is 25.7 Å². The molecule has 0 bridgehead atoms. The normalized spacial score (nSPS) is 17.5. The Morgan fingerprint density at radius 3 is 2.48 bits per heavy atom. The lowest BCUT2D eigenvalue weighted by Gasteiger charge is -2.36. The fourth-order valence-electron chi connectivity index (χ4n) is 4.00. The summed E-state index contributed by atoms with van der Waals surface area (Å²) in [5.74, 6) is -0.168. The Kier molecular flexibility index (Phi) is 5.67. The molecule has 0 saturated carbocycles. The molecule has 2 aliphatic rings. The van der Waals surface area contributed by atoms with Gasteiger partial charge in [-0.2, -0.15) is 0 Å². The van der Waals surface area contributed by atoms with Gasteiger partial charge in [-0.05, 0) is 30.7 Å². The van der Waals surface area contributed by atoms with E-state index in [9.17, 15) is 14.4 Å². The fraction of sp³-hybridized carbons (Fsp3) is 0.429. The number of rotatable bonds is 5. The number of anilines is 1. The van der Waals surface area contributed by atoms with Crippen LogP contribution in [0.4, 0.5) is 5.69 Å². The number of carbonyl (C=O) groups is 3. The maximum absolute atomic E-state index is 12.5. The summed E-state index contributed by atoms with van der Waals surface area (Å²) in [6, 6.07) is 7.71. The van der Waals surface area contributed by atoms with Gasteiger partial charge in [-0.25, -0.2) is 0 Å². The van der Waals surface area contributed by atoms with Crippen molar-refractivity contribution >= 4 is 45.9 Å². The number of halogens is 1. The minimum atomic E-state index is -0.123. The van der Waals surface area contributed by atoms with Crippen molar-refractivity contribution in [3.05, 3.63) is 35.5 Å². The summed E-state index contributed by atoms with van der Waals surface area (Å²) in [6.45, 7) is 3.14. The number of nitrogens with zero attached hydrogens (tertiary/aromatic N) is 4. The molecule has 2 saturated heterocycles. The average molecular weight is 415 g/mol. The summed E-state index contributed by atoms with van der Waals surface area (Å²) in [5.41, 5.74) is 1.96.